The van der Waals surface area contributed by atoms with E-state index in [4.69, 9.17) is 0 Å². The molecule has 1 heteroatoms. The third kappa shape index (κ3) is 3.27. The van der Waals surface area contributed by atoms with Crippen molar-refractivity contribution in [3.8, 4) is 0 Å². The minimum Gasteiger partial charge on any atom is -0.393 e. The molecule has 1 nitrogen and oxygen atoms in total. The first kappa shape index (κ1) is 23.3. The van der Waals surface area contributed by atoms with E-state index in [0.717, 1.165) is 31.1 Å². The molecular formula is C30H48O. The van der Waals surface area contributed by atoms with E-state index in [1.165, 1.54) is 37.7 Å². The summed E-state index contributed by atoms with van der Waals surface area (Å²) in [7, 11) is 0. The molecule has 0 aliphatic heterocycles. The molecule has 4 aliphatic rings. The van der Waals surface area contributed by atoms with Crippen LogP contribution in [0.15, 0.2) is 34.9 Å². The smallest absolute Gasteiger partial charge is 0.0594 e. The predicted octanol–water partition coefficient (Wildman–Crippen LogP) is 8.26. The maximum absolute atomic E-state index is 10.8. The molecule has 0 bridgehead atoms. The Hall–Kier alpha value is -0.820. The number of allylic oxidation sites excluding steroid dienone is 6. The van der Waals surface area contributed by atoms with Gasteiger partial charge in [0.2, 0.25) is 0 Å². The Morgan fingerprint density at radius 1 is 1.06 bits per heavy atom. The van der Waals surface area contributed by atoms with Gasteiger partial charge in [0.1, 0.15) is 0 Å². The van der Waals surface area contributed by atoms with Gasteiger partial charge in [0, 0.05) is 0 Å². The Bertz CT molecular complexity index is 808. The maximum atomic E-state index is 10.8. The van der Waals surface area contributed by atoms with Gasteiger partial charge < -0.3 is 5.11 Å². The highest BCUT2D eigenvalue weighted by atomic mass is 16.3. The van der Waals surface area contributed by atoms with Crippen molar-refractivity contribution in [2.75, 3.05) is 0 Å². The average molecular weight is 425 g/mol. The maximum Gasteiger partial charge on any atom is 0.0594 e. The Morgan fingerprint density at radius 3 is 2.45 bits per heavy atom. The fraction of sp³-hybridized carbons (Fsp3) is 0.800. The van der Waals surface area contributed by atoms with Crippen molar-refractivity contribution in [3.63, 3.8) is 0 Å². The minimum atomic E-state index is -0.164. The van der Waals surface area contributed by atoms with Crippen LogP contribution in [0.2, 0.25) is 0 Å². The van der Waals surface area contributed by atoms with E-state index < -0.39 is 0 Å². The van der Waals surface area contributed by atoms with Crippen LogP contribution in [0.25, 0.3) is 0 Å². The number of rotatable bonds is 4. The van der Waals surface area contributed by atoms with Gasteiger partial charge in [-0.1, -0.05) is 65.3 Å². The number of fused-ring (bicyclic) bond motifs is 5. The third-order valence-electron chi connectivity index (χ3n) is 11.1. The number of aliphatic hydroxyl groups excluding tert-OH is 1. The van der Waals surface area contributed by atoms with Crippen LogP contribution in [0.4, 0.5) is 0 Å². The third-order valence-corrected chi connectivity index (χ3v) is 11.1. The zero-order chi connectivity index (χ0) is 22.8. The lowest BCUT2D eigenvalue weighted by atomic mass is 9.44. The highest BCUT2D eigenvalue weighted by Gasteiger charge is 2.62. The second-order valence-corrected chi connectivity index (χ2v) is 13.3. The summed E-state index contributed by atoms with van der Waals surface area (Å²) < 4.78 is 0. The molecule has 2 fully saturated rings. The molecule has 2 saturated carbocycles. The van der Waals surface area contributed by atoms with Crippen LogP contribution in [0.3, 0.4) is 0 Å². The van der Waals surface area contributed by atoms with Crippen molar-refractivity contribution in [3.05, 3.63) is 34.9 Å². The van der Waals surface area contributed by atoms with E-state index in [1.54, 1.807) is 11.1 Å². The van der Waals surface area contributed by atoms with E-state index in [-0.39, 0.29) is 16.9 Å². The summed E-state index contributed by atoms with van der Waals surface area (Å²) in [5.74, 6) is 2.15. The molecule has 0 heterocycles. The molecule has 0 saturated heterocycles. The molecule has 0 unspecified atom stereocenters. The van der Waals surface area contributed by atoms with E-state index in [9.17, 15) is 5.11 Å². The average Bonchev–Trinajstić information content (AvgIpc) is 2.96. The van der Waals surface area contributed by atoms with Crippen molar-refractivity contribution in [2.24, 2.45) is 39.4 Å². The molecule has 0 amide bonds. The Morgan fingerprint density at radius 2 is 1.77 bits per heavy atom. The van der Waals surface area contributed by atoms with Crippen molar-refractivity contribution >= 4 is 0 Å². The monoisotopic (exact) mass is 424 g/mol. The second kappa shape index (κ2) is 7.61. The van der Waals surface area contributed by atoms with Crippen LogP contribution < -0.4 is 0 Å². The second-order valence-electron chi connectivity index (χ2n) is 13.3. The molecular weight excluding hydrogens is 376 g/mol. The first-order valence-corrected chi connectivity index (χ1v) is 13.1. The highest BCUT2D eigenvalue weighted by Crippen LogP contribution is 2.71. The lowest BCUT2D eigenvalue weighted by Gasteiger charge is -2.61. The highest BCUT2D eigenvalue weighted by molar-refractivity contribution is 5.49. The summed E-state index contributed by atoms with van der Waals surface area (Å²) >= 11 is 0. The molecule has 174 valence electrons. The predicted molar refractivity (Wildman–Crippen MR) is 133 cm³/mol. The van der Waals surface area contributed by atoms with E-state index in [2.05, 4.69) is 73.6 Å². The number of aliphatic hydroxyl groups is 1. The van der Waals surface area contributed by atoms with Gasteiger partial charge in [-0.25, -0.2) is 0 Å². The van der Waals surface area contributed by atoms with Gasteiger partial charge in [-0.05, 0) is 116 Å². The standard InChI is InChI=1S/C30H48O/c1-20(2)10-9-11-21(3)22-14-18-30(8)24-12-13-25-27(4,5)26(31)16-17-28(25,6)23(24)15-19-29(22,30)7/h10,12,15,21-22,25-26,31H,9,11,13-14,16-19H2,1-8H3/t21-,22-,25-,26+,28-,29-,30+/m1/s1. The van der Waals surface area contributed by atoms with Gasteiger partial charge in [-0.2, -0.15) is 0 Å². The Balaban J connectivity index is 1.66. The first-order valence-electron chi connectivity index (χ1n) is 13.1. The summed E-state index contributed by atoms with van der Waals surface area (Å²) in [5.41, 5.74) is 5.73. The van der Waals surface area contributed by atoms with E-state index >= 15 is 0 Å². The van der Waals surface area contributed by atoms with Crippen LogP contribution in [-0.4, -0.2) is 11.2 Å². The van der Waals surface area contributed by atoms with Gasteiger partial charge in [0.05, 0.1) is 6.10 Å². The van der Waals surface area contributed by atoms with Gasteiger partial charge >= 0.3 is 0 Å². The molecule has 1 N–H and O–H groups in total. The van der Waals surface area contributed by atoms with Crippen LogP contribution in [0.5, 0.6) is 0 Å². The summed E-state index contributed by atoms with van der Waals surface area (Å²) in [4.78, 5) is 0. The van der Waals surface area contributed by atoms with Gasteiger partial charge in [0.15, 0.2) is 0 Å². The fourth-order valence-corrected chi connectivity index (χ4v) is 8.78. The lowest BCUT2D eigenvalue weighted by Crippen LogP contribution is -2.54. The number of hydrogen-bond donors (Lipinski definition) is 1. The van der Waals surface area contributed by atoms with Gasteiger partial charge in [0.25, 0.3) is 0 Å². The van der Waals surface area contributed by atoms with E-state index in [0.29, 0.717) is 16.7 Å². The van der Waals surface area contributed by atoms with Crippen LogP contribution >= 0.6 is 0 Å². The van der Waals surface area contributed by atoms with Crippen molar-refractivity contribution < 1.29 is 5.11 Å². The Kier molecular flexibility index (Phi) is 5.73. The molecule has 0 spiro atoms. The summed E-state index contributed by atoms with van der Waals surface area (Å²) in [6.07, 6.45) is 17.3. The molecule has 0 radical (unpaired) electrons. The molecule has 0 aromatic heterocycles. The number of hydrogen-bond acceptors (Lipinski definition) is 1. The topological polar surface area (TPSA) is 20.2 Å². The van der Waals surface area contributed by atoms with Crippen molar-refractivity contribution in [1.82, 2.24) is 0 Å². The minimum absolute atomic E-state index is 0.00478. The van der Waals surface area contributed by atoms with Crippen molar-refractivity contribution in [1.29, 1.82) is 0 Å². The normalized spacial score (nSPS) is 44.4. The molecule has 4 rings (SSSR count). The van der Waals surface area contributed by atoms with Crippen LogP contribution in [-0.2, 0) is 0 Å². The van der Waals surface area contributed by atoms with E-state index in [1.807, 2.05) is 0 Å². The van der Waals surface area contributed by atoms with Gasteiger partial charge in [-0.3, -0.25) is 0 Å². The summed E-state index contributed by atoms with van der Waals surface area (Å²) in [6.45, 7) is 19.4. The lowest BCUT2D eigenvalue weighted by molar-refractivity contribution is -0.0851. The van der Waals surface area contributed by atoms with Crippen molar-refractivity contribution in [2.45, 2.75) is 113 Å². The quantitative estimate of drug-likeness (QED) is 0.450. The summed E-state index contributed by atoms with van der Waals surface area (Å²) in [6, 6.07) is 0. The zero-order valence-corrected chi connectivity index (χ0v) is 21.6. The fourth-order valence-electron chi connectivity index (χ4n) is 8.78. The largest absolute Gasteiger partial charge is 0.393 e. The Labute approximate surface area is 192 Å². The van der Waals surface area contributed by atoms with Crippen LogP contribution in [0, 0.1) is 39.4 Å². The zero-order valence-electron chi connectivity index (χ0n) is 21.6. The molecule has 0 aromatic carbocycles. The molecule has 31 heavy (non-hydrogen) atoms. The van der Waals surface area contributed by atoms with Crippen LogP contribution in [0.1, 0.15) is 107 Å². The molecule has 4 aliphatic carbocycles. The van der Waals surface area contributed by atoms with Gasteiger partial charge in [-0.15, -0.1) is 0 Å². The summed E-state index contributed by atoms with van der Waals surface area (Å²) in [5, 5.41) is 10.8. The first-order chi connectivity index (χ1) is 14.4. The molecule has 7 atom stereocenters. The molecule has 0 aromatic rings. The SMILES string of the molecule is CC(C)=CCC[C@@H](C)[C@H]1CC[C@@]2(C)C3=CC[C@@H]4C(C)(C)[C@@H](O)CC[C@]4(C)C3=CC[C@]12C.